The molecule has 192 valence electrons. The number of carbonyl (C=O) groups is 1. The van der Waals surface area contributed by atoms with Crippen molar-refractivity contribution in [1.82, 2.24) is 0 Å². The zero-order valence-corrected chi connectivity index (χ0v) is 22.3. The van der Waals surface area contributed by atoms with Crippen LogP contribution in [0.1, 0.15) is 76.2 Å². The molecule has 0 amide bonds. The molecule has 1 aliphatic carbocycles. The largest absolute Gasteiger partial charge is 0.507 e. The molecule has 6 rings (SSSR count). The fourth-order valence-electron chi connectivity index (χ4n) is 6.10. The standard InChI is InChI=1S/C28H24Cl2O7/c1-10-6-12(35-5)8-14-15(10)26-16-11(9-28(4,36-14)37-26)7-13-17(22(16)31)23(32)18-19(27(13,2)3)20(29)25(34)21(30)24(18)33/h6-8,26,31,33-34H,9H2,1-5H3/t26-,28-/m0/s1. The lowest BCUT2D eigenvalue weighted by Crippen LogP contribution is -2.47. The molecule has 3 aromatic rings. The average molecular weight is 543 g/mol. The third-order valence-corrected chi connectivity index (χ3v) is 8.52. The van der Waals surface area contributed by atoms with E-state index < -0.39 is 39.6 Å². The summed E-state index contributed by atoms with van der Waals surface area (Å²) < 4.78 is 18.1. The van der Waals surface area contributed by atoms with E-state index in [-0.39, 0.29) is 27.5 Å². The minimum absolute atomic E-state index is 0.0378. The van der Waals surface area contributed by atoms with Crippen LogP contribution in [0.25, 0.3) is 0 Å². The molecule has 0 saturated heterocycles. The Labute approximate surface area is 223 Å². The zero-order valence-electron chi connectivity index (χ0n) is 20.7. The first kappa shape index (κ1) is 24.2. The van der Waals surface area contributed by atoms with Crippen LogP contribution in [0.3, 0.4) is 0 Å². The minimum Gasteiger partial charge on any atom is -0.507 e. The van der Waals surface area contributed by atoms with Crippen molar-refractivity contribution in [2.75, 3.05) is 7.11 Å². The lowest BCUT2D eigenvalue weighted by atomic mass is 9.66. The number of phenols is 3. The molecule has 0 spiro atoms. The van der Waals surface area contributed by atoms with Crippen molar-refractivity contribution in [3.63, 3.8) is 0 Å². The number of ether oxygens (including phenoxy) is 3. The number of benzene rings is 3. The summed E-state index contributed by atoms with van der Waals surface area (Å²) in [4.78, 5) is 13.9. The number of phenolic OH excluding ortho intramolecular Hbond substituents is 3. The first-order valence-corrected chi connectivity index (χ1v) is 12.5. The number of rotatable bonds is 1. The lowest BCUT2D eigenvalue weighted by Gasteiger charge is -2.46. The van der Waals surface area contributed by atoms with Crippen molar-refractivity contribution < 1.29 is 34.3 Å². The lowest BCUT2D eigenvalue weighted by molar-refractivity contribution is -0.216. The van der Waals surface area contributed by atoms with E-state index in [1.165, 1.54) is 0 Å². The van der Waals surface area contributed by atoms with Gasteiger partial charge in [0.1, 0.15) is 34.1 Å². The third kappa shape index (κ3) is 3.02. The number of methoxy groups -OCH3 is 1. The molecule has 0 saturated carbocycles. The molecule has 7 nitrogen and oxygen atoms in total. The Morgan fingerprint density at radius 2 is 1.68 bits per heavy atom. The summed E-state index contributed by atoms with van der Waals surface area (Å²) >= 11 is 12.6. The molecule has 0 aromatic heterocycles. The second-order valence-corrected chi connectivity index (χ2v) is 11.3. The van der Waals surface area contributed by atoms with Gasteiger partial charge in [-0.3, -0.25) is 4.79 Å². The third-order valence-electron chi connectivity index (χ3n) is 7.80. The van der Waals surface area contributed by atoms with Crippen LogP contribution in [0, 0.1) is 6.92 Å². The minimum atomic E-state index is -1.02. The number of aryl methyl sites for hydroxylation is 1. The molecule has 2 aliphatic heterocycles. The predicted octanol–water partition coefficient (Wildman–Crippen LogP) is 6.07. The van der Waals surface area contributed by atoms with Crippen LogP contribution in [0.15, 0.2) is 18.2 Å². The van der Waals surface area contributed by atoms with E-state index in [1.54, 1.807) is 13.2 Å². The second-order valence-electron chi connectivity index (χ2n) is 10.5. The van der Waals surface area contributed by atoms with Gasteiger partial charge in [0.15, 0.2) is 5.75 Å². The highest BCUT2D eigenvalue weighted by Crippen LogP contribution is 2.58. The molecule has 3 aromatic carbocycles. The topological polar surface area (TPSA) is 105 Å². The van der Waals surface area contributed by atoms with Crippen LogP contribution >= 0.6 is 23.2 Å². The summed E-state index contributed by atoms with van der Waals surface area (Å²) in [6, 6.07) is 5.51. The summed E-state index contributed by atoms with van der Waals surface area (Å²) in [7, 11) is 1.58. The van der Waals surface area contributed by atoms with Crippen LogP contribution in [0.5, 0.6) is 28.7 Å². The van der Waals surface area contributed by atoms with Crippen LogP contribution in [0.4, 0.5) is 0 Å². The highest BCUT2D eigenvalue weighted by atomic mass is 35.5. The molecule has 3 N–H and O–H groups in total. The van der Waals surface area contributed by atoms with E-state index in [2.05, 4.69) is 0 Å². The van der Waals surface area contributed by atoms with Crippen LogP contribution < -0.4 is 9.47 Å². The Morgan fingerprint density at radius 1 is 0.973 bits per heavy atom. The highest BCUT2D eigenvalue weighted by Gasteiger charge is 2.50. The number of carbonyl (C=O) groups excluding carboxylic acids is 1. The Balaban J connectivity index is 1.66. The monoisotopic (exact) mass is 542 g/mol. The maximum atomic E-state index is 13.9. The number of ketones is 1. The molecular weight excluding hydrogens is 519 g/mol. The number of fused-ring (bicyclic) bond motifs is 8. The van der Waals surface area contributed by atoms with E-state index >= 15 is 0 Å². The van der Waals surface area contributed by atoms with Crippen molar-refractivity contribution in [3.8, 4) is 28.7 Å². The fraction of sp³-hybridized carbons (Fsp3) is 0.321. The maximum absolute atomic E-state index is 13.9. The first-order valence-electron chi connectivity index (χ1n) is 11.7. The first-order chi connectivity index (χ1) is 17.3. The van der Waals surface area contributed by atoms with E-state index in [0.717, 1.165) is 16.7 Å². The highest BCUT2D eigenvalue weighted by molar-refractivity contribution is 6.40. The van der Waals surface area contributed by atoms with Crippen LogP contribution in [-0.4, -0.2) is 34.0 Å². The summed E-state index contributed by atoms with van der Waals surface area (Å²) in [5.41, 5.74) is 2.49. The molecule has 37 heavy (non-hydrogen) atoms. The smallest absolute Gasteiger partial charge is 0.212 e. The molecule has 2 atom stereocenters. The Hall–Kier alpha value is -3.13. The second kappa shape index (κ2) is 7.47. The van der Waals surface area contributed by atoms with Crippen molar-refractivity contribution in [1.29, 1.82) is 0 Å². The summed E-state index contributed by atoms with van der Waals surface area (Å²) in [6.07, 6.45) is -0.399. The Kier molecular flexibility index (Phi) is 4.89. The molecule has 0 unspecified atom stereocenters. The van der Waals surface area contributed by atoms with Gasteiger partial charge in [-0.05, 0) is 35.2 Å². The van der Waals surface area contributed by atoms with Gasteiger partial charge in [-0.25, -0.2) is 0 Å². The van der Waals surface area contributed by atoms with Gasteiger partial charge in [-0.15, -0.1) is 0 Å². The molecule has 9 heteroatoms. The van der Waals surface area contributed by atoms with Crippen LogP contribution in [0.2, 0.25) is 10.0 Å². The van der Waals surface area contributed by atoms with E-state index in [0.29, 0.717) is 29.0 Å². The van der Waals surface area contributed by atoms with Crippen molar-refractivity contribution in [2.24, 2.45) is 0 Å². The Morgan fingerprint density at radius 3 is 2.35 bits per heavy atom. The van der Waals surface area contributed by atoms with E-state index in [1.807, 2.05) is 39.8 Å². The van der Waals surface area contributed by atoms with Crippen molar-refractivity contribution in [2.45, 2.75) is 51.4 Å². The van der Waals surface area contributed by atoms with Gasteiger partial charge < -0.3 is 29.5 Å². The normalized spacial score (nSPS) is 22.4. The Bertz CT molecular complexity index is 1580. The van der Waals surface area contributed by atoms with Crippen LogP contribution in [-0.2, 0) is 16.6 Å². The molecule has 0 fully saturated rings. The van der Waals surface area contributed by atoms with E-state index in [9.17, 15) is 20.1 Å². The quantitative estimate of drug-likeness (QED) is 0.342. The van der Waals surface area contributed by atoms with Gasteiger partial charge in [0.05, 0.1) is 23.3 Å². The predicted molar refractivity (Wildman–Crippen MR) is 137 cm³/mol. The van der Waals surface area contributed by atoms with Gasteiger partial charge in [0, 0.05) is 36.0 Å². The summed E-state index contributed by atoms with van der Waals surface area (Å²) in [6.45, 7) is 7.36. The molecule has 2 heterocycles. The van der Waals surface area contributed by atoms with Crippen molar-refractivity contribution >= 4 is 29.0 Å². The van der Waals surface area contributed by atoms with Gasteiger partial charge >= 0.3 is 0 Å². The summed E-state index contributed by atoms with van der Waals surface area (Å²) in [5.74, 6) is -1.76. The fourth-order valence-corrected chi connectivity index (χ4v) is 6.76. The molecule has 3 aliphatic rings. The zero-order chi connectivity index (χ0) is 26.8. The number of halogens is 2. The average Bonchev–Trinajstić information content (AvgIpc) is 2.82. The number of aromatic hydroxyl groups is 3. The molecular formula is C28H24Cl2O7. The van der Waals surface area contributed by atoms with Gasteiger partial charge in [0.25, 0.3) is 0 Å². The van der Waals surface area contributed by atoms with Crippen molar-refractivity contribution in [3.05, 3.63) is 72.8 Å². The maximum Gasteiger partial charge on any atom is 0.212 e. The number of hydrogen-bond donors (Lipinski definition) is 3. The van der Waals surface area contributed by atoms with Gasteiger partial charge in [0.2, 0.25) is 11.6 Å². The van der Waals surface area contributed by atoms with Gasteiger partial charge in [-0.2, -0.15) is 0 Å². The number of hydrogen-bond acceptors (Lipinski definition) is 7. The SMILES string of the molecule is COc1cc(C)c2c(c1)O[C@]1(C)Cc3cc4c(c(O)c3[C@H]2O1)C(=O)c1c(O)c(Cl)c(O)c(Cl)c1C4(C)C. The van der Waals surface area contributed by atoms with Gasteiger partial charge in [-0.1, -0.05) is 43.1 Å². The van der Waals surface area contributed by atoms with E-state index in [4.69, 9.17) is 37.4 Å². The molecule has 2 bridgehead atoms. The molecule has 0 radical (unpaired) electrons. The summed E-state index contributed by atoms with van der Waals surface area (Å²) in [5, 5.41) is 32.4.